The lowest BCUT2D eigenvalue weighted by Gasteiger charge is -2.14. The minimum atomic E-state index is -4.51. The fourth-order valence-electron chi connectivity index (χ4n) is 3.35. The van der Waals surface area contributed by atoms with Crippen molar-refractivity contribution in [2.45, 2.75) is 12.7 Å². The molecule has 0 aliphatic carbocycles. The van der Waals surface area contributed by atoms with Gasteiger partial charge in [0, 0.05) is 22.8 Å². The third kappa shape index (κ3) is 5.19. The molecule has 0 aliphatic rings. The molecule has 0 saturated carbocycles. The zero-order chi connectivity index (χ0) is 23.6. The lowest BCUT2D eigenvalue weighted by Crippen LogP contribution is -2.10. The molecular formula is C24H18BrF4N3O. The highest BCUT2D eigenvalue weighted by molar-refractivity contribution is 9.10. The van der Waals surface area contributed by atoms with Crippen LogP contribution in [-0.4, -0.2) is 16.7 Å². The first-order chi connectivity index (χ1) is 15.7. The van der Waals surface area contributed by atoms with Gasteiger partial charge in [0.1, 0.15) is 11.6 Å². The van der Waals surface area contributed by atoms with Crippen LogP contribution in [0.2, 0.25) is 0 Å². The van der Waals surface area contributed by atoms with Gasteiger partial charge in [-0.15, -0.1) is 0 Å². The summed E-state index contributed by atoms with van der Waals surface area (Å²) in [6, 6.07) is 17.3. The predicted molar refractivity (Wildman–Crippen MR) is 122 cm³/mol. The molecule has 0 saturated heterocycles. The number of alkyl halides is 3. The van der Waals surface area contributed by atoms with Crippen LogP contribution in [0.5, 0.6) is 5.75 Å². The summed E-state index contributed by atoms with van der Waals surface area (Å²) < 4.78 is 60.8. The van der Waals surface area contributed by atoms with Crippen LogP contribution in [0.1, 0.15) is 11.1 Å². The lowest BCUT2D eigenvalue weighted by atomic mass is 10.1. The first kappa shape index (κ1) is 22.8. The summed E-state index contributed by atoms with van der Waals surface area (Å²) in [5, 5.41) is 3.14. The number of benzene rings is 3. The molecule has 0 unspecified atom stereocenters. The van der Waals surface area contributed by atoms with Crippen molar-refractivity contribution in [2.24, 2.45) is 0 Å². The summed E-state index contributed by atoms with van der Waals surface area (Å²) in [5.74, 6) is -0.243. The SMILES string of the molecule is COc1cc(CNc2nc(-c3ccc(Br)cc3)cn2-c2cccc(F)c2)ccc1C(F)(F)F. The van der Waals surface area contributed by atoms with Gasteiger partial charge < -0.3 is 10.1 Å². The Kier molecular flexibility index (Phi) is 6.42. The Labute approximate surface area is 196 Å². The van der Waals surface area contributed by atoms with E-state index < -0.39 is 17.6 Å². The Hall–Kier alpha value is -3.33. The average molecular weight is 520 g/mol. The molecule has 0 bridgehead atoms. The molecule has 1 aromatic heterocycles. The van der Waals surface area contributed by atoms with Crippen molar-refractivity contribution in [1.82, 2.24) is 9.55 Å². The summed E-state index contributed by atoms with van der Waals surface area (Å²) in [4.78, 5) is 4.63. The van der Waals surface area contributed by atoms with Crippen LogP contribution in [0.3, 0.4) is 0 Å². The molecule has 0 fully saturated rings. The first-order valence-electron chi connectivity index (χ1n) is 9.84. The molecule has 33 heavy (non-hydrogen) atoms. The fourth-order valence-corrected chi connectivity index (χ4v) is 3.61. The Morgan fingerprint density at radius 3 is 2.45 bits per heavy atom. The van der Waals surface area contributed by atoms with Crippen LogP contribution in [0.25, 0.3) is 16.9 Å². The van der Waals surface area contributed by atoms with Crippen molar-refractivity contribution in [2.75, 3.05) is 12.4 Å². The molecule has 4 aromatic rings. The molecular weight excluding hydrogens is 502 g/mol. The Morgan fingerprint density at radius 1 is 1.03 bits per heavy atom. The molecule has 0 radical (unpaired) electrons. The van der Waals surface area contributed by atoms with E-state index in [0.29, 0.717) is 22.9 Å². The molecule has 1 N–H and O–H groups in total. The van der Waals surface area contributed by atoms with Crippen LogP contribution >= 0.6 is 15.9 Å². The molecule has 4 rings (SSSR count). The Balaban J connectivity index is 1.67. The van der Waals surface area contributed by atoms with E-state index >= 15 is 0 Å². The Bertz CT molecular complexity index is 1270. The zero-order valence-electron chi connectivity index (χ0n) is 17.3. The highest BCUT2D eigenvalue weighted by Gasteiger charge is 2.34. The van der Waals surface area contributed by atoms with Gasteiger partial charge >= 0.3 is 6.18 Å². The van der Waals surface area contributed by atoms with Gasteiger partial charge in [0.2, 0.25) is 5.95 Å². The summed E-state index contributed by atoms with van der Waals surface area (Å²) in [5.41, 5.74) is 1.79. The number of methoxy groups -OCH3 is 1. The summed E-state index contributed by atoms with van der Waals surface area (Å²) in [6.45, 7) is 0.181. The van der Waals surface area contributed by atoms with Gasteiger partial charge in [0.15, 0.2) is 0 Å². The van der Waals surface area contributed by atoms with Crippen molar-refractivity contribution < 1.29 is 22.3 Å². The maximum atomic E-state index is 13.9. The van der Waals surface area contributed by atoms with E-state index in [9.17, 15) is 17.6 Å². The summed E-state index contributed by atoms with van der Waals surface area (Å²) in [7, 11) is 1.20. The van der Waals surface area contributed by atoms with Crippen LogP contribution in [0.4, 0.5) is 23.5 Å². The number of imidazole rings is 1. The van der Waals surface area contributed by atoms with E-state index in [1.165, 1.54) is 31.4 Å². The number of aromatic nitrogens is 2. The number of nitrogens with one attached hydrogen (secondary N) is 1. The van der Waals surface area contributed by atoms with Gasteiger partial charge in [-0.3, -0.25) is 4.57 Å². The van der Waals surface area contributed by atoms with Crippen LogP contribution in [0.15, 0.2) is 77.4 Å². The zero-order valence-corrected chi connectivity index (χ0v) is 18.9. The lowest BCUT2D eigenvalue weighted by molar-refractivity contribution is -0.138. The number of hydrogen-bond acceptors (Lipinski definition) is 3. The number of halogens is 5. The van der Waals surface area contributed by atoms with E-state index in [-0.39, 0.29) is 12.3 Å². The van der Waals surface area contributed by atoms with E-state index in [1.54, 1.807) is 22.9 Å². The molecule has 4 nitrogen and oxygen atoms in total. The van der Waals surface area contributed by atoms with E-state index in [4.69, 9.17) is 4.74 Å². The van der Waals surface area contributed by atoms with Crippen LogP contribution in [-0.2, 0) is 12.7 Å². The second kappa shape index (κ2) is 9.27. The molecule has 9 heteroatoms. The van der Waals surface area contributed by atoms with Crippen LogP contribution < -0.4 is 10.1 Å². The predicted octanol–water partition coefficient (Wildman–Crippen LogP) is 7.08. The van der Waals surface area contributed by atoms with Gasteiger partial charge in [-0.05, 0) is 48.0 Å². The van der Waals surface area contributed by atoms with Gasteiger partial charge in [0.25, 0.3) is 0 Å². The third-order valence-corrected chi connectivity index (χ3v) is 5.48. The quantitative estimate of drug-likeness (QED) is 0.276. The van der Waals surface area contributed by atoms with Crippen molar-refractivity contribution in [3.05, 3.63) is 94.3 Å². The molecule has 170 valence electrons. The van der Waals surface area contributed by atoms with Crippen molar-refractivity contribution >= 4 is 21.9 Å². The van der Waals surface area contributed by atoms with Crippen molar-refractivity contribution in [3.8, 4) is 22.7 Å². The second-order valence-corrected chi connectivity index (χ2v) is 8.11. The number of nitrogens with zero attached hydrogens (tertiary/aromatic N) is 2. The number of rotatable bonds is 6. The van der Waals surface area contributed by atoms with Crippen molar-refractivity contribution in [1.29, 1.82) is 0 Å². The maximum absolute atomic E-state index is 13.9. The van der Waals surface area contributed by atoms with Gasteiger partial charge in [0.05, 0.1) is 24.1 Å². The van der Waals surface area contributed by atoms with E-state index in [1.807, 2.05) is 24.3 Å². The molecule has 0 atom stereocenters. The minimum Gasteiger partial charge on any atom is -0.496 e. The van der Waals surface area contributed by atoms with Gasteiger partial charge in [-0.25, -0.2) is 9.37 Å². The molecule has 0 aliphatic heterocycles. The standard InChI is InChI=1S/C24H18BrF4N3O/c1-33-22-11-15(5-10-20(22)24(27,28)29)13-30-23-31-21(16-6-8-17(25)9-7-16)14-32(23)19-4-2-3-18(26)12-19/h2-12,14H,13H2,1H3,(H,30,31). The highest BCUT2D eigenvalue weighted by atomic mass is 79.9. The Morgan fingerprint density at radius 2 is 1.79 bits per heavy atom. The largest absolute Gasteiger partial charge is 0.496 e. The average Bonchev–Trinajstić information content (AvgIpc) is 3.21. The van der Waals surface area contributed by atoms with Gasteiger partial charge in [-0.2, -0.15) is 13.2 Å². The van der Waals surface area contributed by atoms with E-state index in [2.05, 4.69) is 26.2 Å². The number of ether oxygens (including phenoxy) is 1. The molecule has 3 aromatic carbocycles. The second-order valence-electron chi connectivity index (χ2n) is 7.19. The normalized spacial score (nSPS) is 11.5. The fraction of sp³-hybridized carbons (Fsp3) is 0.125. The molecule has 0 amide bonds. The minimum absolute atomic E-state index is 0.181. The summed E-state index contributed by atoms with van der Waals surface area (Å²) in [6.07, 6.45) is -2.74. The topological polar surface area (TPSA) is 39.1 Å². The monoisotopic (exact) mass is 519 g/mol. The van der Waals surface area contributed by atoms with Gasteiger partial charge in [-0.1, -0.05) is 40.2 Å². The first-order valence-corrected chi connectivity index (χ1v) is 10.6. The molecule has 0 spiro atoms. The van der Waals surface area contributed by atoms with E-state index in [0.717, 1.165) is 16.1 Å². The molecule has 1 heterocycles. The summed E-state index contributed by atoms with van der Waals surface area (Å²) >= 11 is 3.40. The highest BCUT2D eigenvalue weighted by Crippen LogP contribution is 2.36. The van der Waals surface area contributed by atoms with Crippen LogP contribution in [0, 0.1) is 5.82 Å². The third-order valence-electron chi connectivity index (χ3n) is 4.95. The smallest absolute Gasteiger partial charge is 0.419 e. The number of anilines is 1. The number of hydrogen-bond donors (Lipinski definition) is 1. The van der Waals surface area contributed by atoms with Crippen molar-refractivity contribution in [3.63, 3.8) is 0 Å². The maximum Gasteiger partial charge on any atom is 0.419 e.